The molecule has 1 aliphatic rings. The molecule has 1 heterocycles. The molecule has 2 unspecified atom stereocenters. The molecule has 4 heteroatoms. The Hall–Kier alpha value is -2.10. The molecule has 1 aliphatic carbocycles. The van der Waals surface area contributed by atoms with Crippen molar-refractivity contribution in [3.63, 3.8) is 0 Å². The lowest BCUT2D eigenvalue weighted by molar-refractivity contribution is -0.141. The molecule has 4 nitrogen and oxygen atoms in total. The fourth-order valence-corrected chi connectivity index (χ4v) is 2.97. The van der Waals surface area contributed by atoms with Gasteiger partial charge in [0.1, 0.15) is 5.82 Å². The maximum atomic E-state index is 11.2. The number of nitrogens with one attached hydrogen (secondary N) is 1. The Morgan fingerprint density at radius 3 is 2.95 bits per heavy atom. The first-order valence-electron chi connectivity index (χ1n) is 7.01. The van der Waals surface area contributed by atoms with E-state index in [9.17, 15) is 9.90 Å². The number of fused-ring (bicyclic) bond motifs is 1. The molecule has 1 saturated carbocycles. The molecule has 0 amide bonds. The second-order valence-electron chi connectivity index (χ2n) is 5.47. The lowest BCUT2D eigenvalue weighted by Crippen LogP contribution is -2.30. The fraction of sp³-hybridized carbons (Fsp3) is 0.375. The van der Waals surface area contributed by atoms with Crippen LogP contribution in [-0.2, 0) is 4.79 Å². The number of carboxylic acids is 1. The first kappa shape index (κ1) is 12.9. The SMILES string of the molecule is Cc1cc2ccccc2nc1NC1CCCC1C(=O)O. The smallest absolute Gasteiger partial charge is 0.308 e. The third kappa shape index (κ3) is 2.33. The minimum absolute atomic E-state index is 0.0140. The van der Waals surface area contributed by atoms with Gasteiger partial charge in [-0.25, -0.2) is 4.98 Å². The molecule has 0 saturated heterocycles. The van der Waals surface area contributed by atoms with Crippen LogP contribution in [0.5, 0.6) is 0 Å². The van der Waals surface area contributed by atoms with Crippen molar-refractivity contribution in [2.45, 2.75) is 32.2 Å². The van der Waals surface area contributed by atoms with E-state index in [1.165, 1.54) is 0 Å². The Balaban J connectivity index is 1.90. The average molecular weight is 270 g/mol. The molecule has 2 N–H and O–H groups in total. The van der Waals surface area contributed by atoms with E-state index >= 15 is 0 Å². The van der Waals surface area contributed by atoms with Crippen LogP contribution < -0.4 is 5.32 Å². The van der Waals surface area contributed by atoms with Gasteiger partial charge in [0.05, 0.1) is 11.4 Å². The van der Waals surface area contributed by atoms with Crippen LogP contribution in [0.25, 0.3) is 10.9 Å². The number of aliphatic carboxylic acids is 1. The van der Waals surface area contributed by atoms with Crippen LogP contribution in [0.4, 0.5) is 5.82 Å². The quantitative estimate of drug-likeness (QED) is 0.899. The molecule has 2 aromatic rings. The Kier molecular flexibility index (Phi) is 3.30. The van der Waals surface area contributed by atoms with E-state index in [0.717, 1.165) is 41.5 Å². The van der Waals surface area contributed by atoms with Crippen molar-refractivity contribution in [3.05, 3.63) is 35.9 Å². The predicted octanol–water partition coefficient (Wildman–Crippen LogP) is 3.21. The summed E-state index contributed by atoms with van der Waals surface area (Å²) in [6.45, 7) is 2.01. The van der Waals surface area contributed by atoms with Crippen molar-refractivity contribution in [3.8, 4) is 0 Å². The zero-order chi connectivity index (χ0) is 14.1. The molecule has 104 valence electrons. The molecule has 0 aliphatic heterocycles. The van der Waals surface area contributed by atoms with Gasteiger partial charge < -0.3 is 10.4 Å². The Morgan fingerprint density at radius 2 is 2.15 bits per heavy atom. The number of para-hydroxylation sites is 1. The Morgan fingerprint density at radius 1 is 1.35 bits per heavy atom. The Bertz CT molecular complexity index is 654. The number of aromatic nitrogens is 1. The van der Waals surface area contributed by atoms with Crippen LogP contribution in [0.3, 0.4) is 0 Å². The van der Waals surface area contributed by atoms with Gasteiger partial charge in [-0.15, -0.1) is 0 Å². The van der Waals surface area contributed by atoms with E-state index in [2.05, 4.69) is 16.4 Å². The summed E-state index contributed by atoms with van der Waals surface area (Å²) in [4.78, 5) is 15.9. The second-order valence-corrected chi connectivity index (χ2v) is 5.47. The molecule has 3 rings (SSSR count). The largest absolute Gasteiger partial charge is 0.481 e. The predicted molar refractivity (Wildman–Crippen MR) is 78.9 cm³/mol. The van der Waals surface area contributed by atoms with E-state index < -0.39 is 5.97 Å². The number of aryl methyl sites for hydroxylation is 1. The first-order chi connectivity index (χ1) is 9.65. The van der Waals surface area contributed by atoms with Gasteiger partial charge in [-0.05, 0) is 37.5 Å². The summed E-state index contributed by atoms with van der Waals surface area (Å²) >= 11 is 0. The van der Waals surface area contributed by atoms with Crippen molar-refractivity contribution in [2.24, 2.45) is 5.92 Å². The number of carbonyl (C=O) groups is 1. The number of benzene rings is 1. The van der Waals surface area contributed by atoms with Gasteiger partial charge in [-0.3, -0.25) is 4.79 Å². The van der Waals surface area contributed by atoms with Crippen molar-refractivity contribution in [1.29, 1.82) is 0 Å². The molecule has 0 spiro atoms. The van der Waals surface area contributed by atoms with E-state index in [-0.39, 0.29) is 12.0 Å². The standard InChI is InChI=1S/C16H18N2O2/c1-10-9-11-5-2-3-7-13(11)17-15(10)18-14-8-4-6-12(14)16(19)20/h2-3,5,7,9,12,14H,4,6,8H2,1H3,(H,17,18)(H,19,20). The molecular weight excluding hydrogens is 252 g/mol. The van der Waals surface area contributed by atoms with Crippen LogP contribution in [0.2, 0.25) is 0 Å². The number of hydrogen-bond acceptors (Lipinski definition) is 3. The van der Waals surface area contributed by atoms with Crippen LogP contribution >= 0.6 is 0 Å². The normalized spacial score (nSPS) is 22.1. The number of anilines is 1. The zero-order valence-corrected chi connectivity index (χ0v) is 11.5. The summed E-state index contributed by atoms with van der Waals surface area (Å²) in [7, 11) is 0. The van der Waals surface area contributed by atoms with Crippen LogP contribution in [0.15, 0.2) is 30.3 Å². The van der Waals surface area contributed by atoms with Crippen LogP contribution in [0, 0.1) is 12.8 Å². The van der Waals surface area contributed by atoms with E-state index in [1.54, 1.807) is 0 Å². The number of rotatable bonds is 3. The maximum absolute atomic E-state index is 11.2. The van der Waals surface area contributed by atoms with Crippen LogP contribution in [-0.4, -0.2) is 22.1 Å². The highest BCUT2D eigenvalue weighted by molar-refractivity contribution is 5.81. The molecule has 1 aromatic carbocycles. The summed E-state index contributed by atoms with van der Waals surface area (Å²) in [6.07, 6.45) is 2.60. The molecule has 20 heavy (non-hydrogen) atoms. The minimum atomic E-state index is -0.710. The molecule has 2 atom stereocenters. The summed E-state index contributed by atoms with van der Waals surface area (Å²) in [6, 6.07) is 10.0. The lowest BCUT2D eigenvalue weighted by Gasteiger charge is -2.19. The summed E-state index contributed by atoms with van der Waals surface area (Å²) in [5.41, 5.74) is 1.99. The topological polar surface area (TPSA) is 62.2 Å². The van der Waals surface area contributed by atoms with Crippen molar-refractivity contribution >= 4 is 22.7 Å². The van der Waals surface area contributed by atoms with Crippen molar-refractivity contribution < 1.29 is 9.90 Å². The van der Waals surface area contributed by atoms with E-state index in [1.807, 2.05) is 31.2 Å². The summed E-state index contributed by atoms with van der Waals surface area (Å²) in [5.74, 6) is -0.206. The summed E-state index contributed by atoms with van der Waals surface area (Å²) in [5, 5.41) is 13.7. The maximum Gasteiger partial charge on any atom is 0.308 e. The average Bonchev–Trinajstić information content (AvgIpc) is 2.88. The third-order valence-electron chi connectivity index (χ3n) is 4.07. The van der Waals surface area contributed by atoms with Gasteiger partial charge >= 0.3 is 5.97 Å². The molecule has 0 radical (unpaired) electrons. The van der Waals surface area contributed by atoms with E-state index in [4.69, 9.17) is 0 Å². The van der Waals surface area contributed by atoms with Gasteiger partial charge in [0.2, 0.25) is 0 Å². The highest BCUT2D eigenvalue weighted by Crippen LogP contribution is 2.30. The van der Waals surface area contributed by atoms with Crippen molar-refractivity contribution in [1.82, 2.24) is 4.98 Å². The number of pyridine rings is 1. The molecule has 1 fully saturated rings. The van der Waals surface area contributed by atoms with Gasteiger partial charge in [0.15, 0.2) is 0 Å². The van der Waals surface area contributed by atoms with E-state index in [0.29, 0.717) is 0 Å². The number of nitrogens with zero attached hydrogens (tertiary/aromatic N) is 1. The van der Waals surface area contributed by atoms with Gasteiger partial charge in [-0.2, -0.15) is 0 Å². The molecule has 1 aromatic heterocycles. The van der Waals surface area contributed by atoms with Crippen molar-refractivity contribution in [2.75, 3.05) is 5.32 Å². The number of carboxylic acid groups (broad SMARTS) is 1. The molecular formula is C16H18N2O2. The van der Waals surface area contributed by atoms with Gasteiger partial charge in [0.25, 0.3) is 0 Å². The fourth-order valence-electron chi connectivity index (χ4n) is 2.97. The summed E-state index contributed by atoms with van der Waals surface area (Å²) < 4.78 is 0. The second kappa shape index (κ2) is 5.12. The van der Waals surface area contributed by atoms with Gasteiger partial charge in [0, 0.05) is 11.4 Å². The Labute approximate surface area is 117 Å². The monoisotopic (exact) mass is 270 g/mol. The third-order valence-corrected chi connectivity index (χ3v) is 4.07. The van der Waals surface area contributed by atoms with Crippen LogP contribution in [0.1, 0.15) is 24.8 Å². The highest BCUT2D eigenvalue weighted by atomic mass is 16.4. The van der Waals surface area contributed by atoms with Gasteiger partial charge in [-0.1, -0.05) is 24.6 Å². The highest BCUT2D eigenvalue weighted by Gasteiger charge is 2.33. The first-order valence-corrected chi connectivity index (χ1v) is 7.01. The number of hydrogen-bond donors (Lipinski definition) is 2. The minimum Gasteiger partial charge on any atom is -0.481 e. The lowest BCUT2D eigenvalue weighted by atomic mass is 10.0. The zero-order valence-electron chi connectivity index (χ0n) is 11.5. The molecule has 0 bridgehead atoms.